The number of benzene rings is 2. The van der Waals surface area contributed by atoms with Gasteiger partial charge in [0, 0.05) is 45.5 Å². The number of para-hydroxylation sites is 1. The van der Waals surface area contributed by atoms with Crippen LogP contribution in [0, 0.1) is 0 Å². The Kier molecular flexibility index (Phi) is 8.87. The maximum atomic E-state index is 12.2. The highest BCUT2D eigenvalue weighted by Gasteiger charge is 2.13. The molecule has 0 spiro atoms. The normalized spacial score (nSPS) is 14.1. The topological polar surface area (TPSA) is 71.1 Å². The first-order chi connectivity index (χ1) is 15.1. The molecule has 1 fully saturated rings. The molecular weight excluding hydrogens is 394 g/mol. The minimum absolute atomic E-state index is 0.275. The van der Waals surface area contributed by atoms with Crippen LogP contribution in [0.5, 0.6) is 0 Å². The molecule has 0 aromatic heterocycles. The monoisotopic (exact) mass is 425 g/mol. The molecule has 1 heterocycles. The van der Waals surface area contributed by atoms with E-state index in [1.807, 2.05) is 49.5 Å². The van der Waals surface area contributed by atoms with Crippen molar-refractivity contribution in [3.05, 3.63) is 65.7 Å². The summed E-state index contributed by atoms with van der Waals surface area (Å²) in [6, 6.07) is 17.4. The zero-order valence-corrected chi connectivity index (χ0v) is 18.1. The summed E-state index contributed by atoms with van der Waals surface area (Å²) < 4.78 is 10.5. The van der Waals surface area contributed by atoms with Gasteiger partial charge in [0.25, 0.3) is 5.91 Å². The van der Waals surface area contributed by atoms with Gasteiger partial charge in [0.1, 0.15) is 0 Å². The highest BCUT2D eigenvalue weighted by molar-refractivity contribution is 5.91. The summed E-state index contributed by atoms with van der Waals surface area (Å²) >= 11 is 0. The molecule has 1 N–H and O–H groups in total. The Morgan fingerprint density at radius 1 is 1.06 bits per heavy atom. The Labute approximate surface area is 183 Å². The van der Waals surface area contributed by atoms with Crippen molar-refractivity contribution in [2.75, 3.05) is 57.9 Å². The van der Waals surface area contributed by atoms with Crippen LogP contribution in [0.25, 0.3) is 0 Å². The molecule has 1 aliphatic heterocycles. The first kappa shape index (κ1) is 22.8. The molecule has 0 bridgehead atoms. The number of hydrogen-bond acceptors (Lipinski definition) is 6. The lowest BCUT2D eigenvalue weighted by molar-refractivity contribution is -0.124. The summed E-state index contributed by atoms with van der Waals surface area (Å²) in [5.74, 6) is -0.781. The van der Waals surface area contributed by atoms with Gasteiger partial charge < -0.3 is 19.7 Å². The van der Waals surface area contributed by atoms with E-state index < -0.39 is 5.97 Å². The van der Waals surface area contributed by atoms with Gasteiger partial charge in [-0.15, -0.1) is 0 Å². The lowest BCUT2D eigenvalue weighted by Crippen LogP contribution is -2.35. The third-order valence-corrected chi connectivity index (χ3v) is 5.22. The number of ether oxygens (including phenoxy) is 2. The summed E-state index contributed by atoms with van der Waals surface area (Å²) in [7, 11) is 2.02. The number of nitrogens with zero attached hydrogens (tertiary/aromatic N) is 2. The molecule has 0 atom stereocenters. The second-order valence-corrected chi connectivity index (χ2v) is 7.62. The van der Waals surface area contributed by atoms with Gasteiger partial charge in [-0.3, -0.25) is 9.69 Å². The Bertz CT molecular complexity index is 820. The quantitative estimate of drug-likeness (QED) is 0.465. The molecular formula is C24H31N3O4. The fraction of sp³-hybridized carbons (Fsp3) is 0.417. The van der Waals surface area contributed by atoms with Gasteiger partial charge in [-0.05, 0) is 36.2 Å². The SMILES string of the molecule is CN(CCCNC(=O)COC(=O)c1ccc(CN2CCOCC2)cc1)c1ccccc1. The summed E-state index contributed by atoms with van der Waals surface area (Å²) in [4.78, 5) is 28.6. The van der Waals surface area contributed by atoms with Crippen molar-refractivity contribution in [3.8, 4) is 0 Å². The number of nitrogens with one attached hydrogen (secondary N) is 1. The van der Waals surface area contributed by atoms with Crippen molar-refractivity contribution in [1.29, 1.82) is 0 Å². The molecule has 7 heteroatoms. The predicted octanol–water partition coefficient (Wildman–Crippen LogP) is 2.32. The van der Waals surface area contributed by atoms with Crippen LogP contribution < -0.4 is 10.2 Å². The molecule has 0 aliphatic carbocycles. The molecule has 0 unspecified atom stereocenters. The van der Waals surface area contributed by atoms with Crippen molar-refractivity contribution in [2.24, 2.45) is 0 Å². The van der Waals surface area contributed by atoms with Crippen molar-refractivity contribution in [3.63, 3.8) is 0 Å². The maximum Gasteiger partial charge on any atom is 0.338 e. The third kappa shape index (κ3) is 7.70. The largest absolute Gasteiger partial charge is 0.452 e. The van der Waals surface area contributed by atoms with Gasteiger partial charge in [0.15, 0.2) is 6.61 Å². The van der Waals surface area contributed by atoms with Crippen LogP contribution in [-0.4, -0.2) is 69.8 Å². The van der Waals surface area contributed by atoms with Crippen molar-refractivity contribution in [1.82, 2.24) is 10.2 Å². The van der Waals surface area contributed by atoms with E-state index in [9.17, 15) is 9.59 Å². The van der Waals surface area contributed by atoms with E-state index in [-0.39, 0.29) is 12.5 Å². The average Bonchev–Trinajstić information content (AvgIpc) is 2.82. The van der Waals surface area contributed by atoms with Crippen LogP contribution in [0.15, 0.2) is 54.6 Å². The standard InChI is InChI=1S/C24H31N3O4/c1-26(22-6-3-2-4-7-22)13-5-12-25-23(28)19-31-24(29)21-10-8-20(9-11-21)18-27-14-16-30-17-15-27/h2-4,6-11H,5,12-19H2,1H3,(H,25,28). The predicted molar refractivity (Wildman–Crippen MR) is 120 cm³/mol. The first-order valence-electron chi connectivity index (χ1n) is 10.7. The smallest absolute Gasteiger partial charge is 0.338 e. The molecule has 3 rings (SSSR count). The zero-order valence-electron chi connectivity index (χ0n) is 18.1. The summed E-state index contributed by atoms with van der Waals surface area (Å²) in [5, 5.41) is 2.79. The molecule has 7 nitrogen and oxygen atoms in total. The van der Waals surface area contributed by atoms with Crippen molar-refractivity contribution in [2.45, 2.75) is 13.0 Å². The highest BCUT2D eigenvalue weighted by atomic mass is 16.5. The fourth-order valence-electron chi connectivity index (χ4n) is 3.38. The minimum Gasteiger partial charge on any atom is -0.452 e. The van der Waals surface area contributed by atoms with E-state index in [4.69, 9.17) is 9.47 Å². The van der Waals surface area contributed by atoms with Gasteiger partial charge in [0.2, 0.25) is 0 Å². The molecule has 31 heavy (non-hydrogen) atoms. The third-order valence-electron chi connectivity index (χ3n) is 5.22. The lowest BCUT2D eigenvalue weighted by Gasteiger charge is -2.26. The molecule has 0 saturated carbocycles. The van der Waals surface area contributed by atoms with Crippen LogP contribution in [0.1, 0.15) is 22.3 Å². The molecule has 1 amide bonds. The Morgan fingerprint density at radius 2 is 1.77 bits per heavy atom. The zero-order chi connectivity index (χ0) is 21.9. The number of carbonyl (C=O) groups excluding carboxylic acids is 2. The number of carbonyl (C=O) groups is 2. The van der Waals surface area contributed by atoms with Crippen LogP contribution >= 0.6 is 0 Å². The molecule has 166 valence electrons. The molecule has 2 aromatic carbocycles. The van der Waals surface area contributed by atoms with Gasteiger partial charge >= 0.3 is 5.97 Å². The van der Waals surface area contributed by atoms with E-state index in [2.05, 4.69) is 15.1 Å². The second kappa shape index (κ2) is 12.1. The second-order valence-electron chi connectivity index (χ2n) is 7.62. The van der Waals surface area contributed by atoms with Gasteiger partial charge in [-0.25, -0.2) is 4.79 Å². The summed E-state index contributed by atoms with van der Waals surface area (Å²) in [6.45, 7) is 5.27. The van der Waals surface area contributed by atoms with E-state index in [0.29, 0.717) is 12.1 Å². The highest BCUT2D eigenvalue weighted by Crippen LogP contribution is 2.11. The summed E-state index contributed by atoms with van der Waals surface area (Å²) in [5.41, 5.74) is 2.72. The van der Waals surface area contributed by atoms with E-state index in [1.165, 1.54) is 0 Å². The number of hydrogen-bond donors (Lipinski definition) is 1. The van der Waals surface area contributed by atoms with Gasteiger partial charge in [0.05, 0.1) is 18.8 Å². The van der Waals surface area contributed by atoms with E-state index in [1.54, 1.807) is 12.1 Å². The minimum atomic E-state index is -0.489. The van der Waals surface area contributed by atoms with Crippen LogP contribution in [0.2, 0.25) is 0 Å². The number of rotatable bonds is 10. The van der Waals surface area contributed by atoms with E-state index in [0.717, 1.165) is 57.1 Å². The average molecular weight is 426 g/mol. The van der Waals surface area contributed by atoms with Gasteiger partial charge in [-0.2, -0.15) is 0 Å². The number of esters is 1. The van der Waals surface area contributed by atoms with Gasteiger partial charge in [-0.1, -0.05) is 30.3 Å². The fourth-order valence-corrected chi connectivity index (χ4v) is 3.38. The summed E-state index contributed by atoms with van der Waals surface area (Å²) in [6.07, 6.45) is 0.801. The Hall–Kier alpha value is -2.90. The van der Waals surface area contributed by atoms with Crippen LogP contribution in [0.4, 0.5) is 5.69 Å². The number of morpholine rings is 1. The Morgan fingerprint density at radius 3 is 2.48 bits per heavy atom. The maximum absolute atomic E-state index is 12.2. The van der Waals surface area contributed by atoms with Crippen molar-refractivity contribution >= 4 is 17.6 Å². The number of amides is 1. The van der Waals surface area contributed by atoms with Crippen LogP contribution in [-0.2, 0) is 20.8 Å². The first-order valence-corrected chi connectivity index (χ1v) is 10.7. The number of anilines is 1. The molecule has 1 aliphatic rings. The van der Waals surface area contributed by atoms with Crippen LogP contribution in [0.3, 0.4) is 0 Å². The van der Waals surface area contributed by atoms with Crippen molar-refractivity contribution < 1.29 is 19.1 Å². The molecule has 0 radical (unpaired) electrons. The van der Waals surface area contributed by atoms with E-state index >= 15 is 0 Å². The lowest BCUT2D eigenvalue weighted by atomic mass is 10.1. The Balaban J connectivity index is 1.31. The molecule has 2 aromatic rings. The molecule has 1 saturated heterocycles.